The molecule has 1 aromatic carbocycles. The van der Waals surface area contributed by atoms with Gasteiger partial charge in [-0.2, -0.15) is 0 Å². The number of halogens is 1. The fourth-order valence-corrected chi connectivity index (χ4v) is 2.68. The van der Waals surface area contributed by atoms with E-state index in [0.29, 0.717) is 6.07 Å². The molecule has 1 aliphatic rings. The van der Waals surface area contributed by atoms with Crippen LogP contribution in [0.25, 0.3) is 0 Å². The minimum atomic E-state index is -0.912. The van der Waals surface area contributed by atoms with Gasteiger partial charge in [-0.15, -0.1) is 0 Å². The second-order valence-corrected chi connectivity index (χ2v) is 6.50. The number of benzene rings is 1. The van der Waals surface area contributed by atoms with Gasteiger partial charge < -0.3 is 11.1 Å². The van der Waals surface area contributed by atoms with E-state index in [1.165, 1.54) is 0 Å². The maximum Gasteiger partial charge on any atom is 0.285 e. The van der Waals surface area contributed by atoms with Crippen LogP contribution >= 0.6 is 0 Å². The van der Waals surface area contributed by atoms with E-state index in [4.69, 9.17) is 5.73 Å². The molecule has 1 saturated carbocycles. The molecule has 0 heterocycles. The normalized spacial score (nSPS) is 19.1. The van der Waals surface area contributed by atoms with Crippen LogP contribution in [0, 0.1) is 26.8 Å². The van der Waals surface area contributed by atoms with Crippen LogP contribution in [-0.4, -0.2) is 16.9 Å². The number of nitrogens with two attached hydrogens (primary N) is 1. The molecule has 0 atom stereocenters. The molecule has 2 rings (SSSR count). The van der Waals surface area contributed by atoms with E-state index in [2.05, 4.69) is 5.32 Å². The lowest BCUT2D eigenvalue weighted by Gasteiger charge is -2.08. The number of hydrogen-bond acceptors (Lipinski definition) is 4. The van der Waals surface area contributed by atoms with Gasteiger partial charge in [0, 0.05) is 6.04 Å². The standard InChI is InChI=1S/C14H18FN3O3/c1-13(2)12(14(13,3)4)17-11(19)7-5-9(16)8(15)6-10(7)18(20)21/h5-6,12H,16H2,1-4H3,(H,17,19). The lowest BCUT2D eigenvalue weighted by atomic mass is 10.0. The van der Waals surface area contributed by atoms with Gasteiger partial charge in [0.2, 0.25) is 0 Å². The van der Waals surface area contributed by atoms with E-state index in [-0.39, 0.29) is 28.1 Å². The number of amides is 1. The molecule has 1 aliphatic carbocycles. The average Bonchev–Trinajstić information content (AvgIpc) is 2.74. The molecular weight excluding hydrogens is 277 g/mol. The Kier molecular flexibility index (Phi) is 3.19. The molecule has 0 bridgehead atoms. The minimum absolute atomic E-state index is 0.108. The Balaban J connectivity index is 2.33. The van der Waals surface area contributed by atoms with E-state index in [0.717, 1.165) is 6.07 Å². The van der Waals surface area contributed by atoms with Gasteiger partial charge in [0.05, 0.1) is 16.7 Å². The number of nitrogens with one attached hydrogen (secondary N) is 1. The number of nitrogen functional groups attached to an aromatic ring is 1. The van der Waals surface area contributed by atoms with Gasteiger partial charge in [0.15, 0.2) is 5.82 Å². The van der Waals surface area contributed by atoms with Gasteiger partial charge in [-0.25, -0.2) is 4.39 Å². The molecule has 0 radical (unpaired) electrons. The molecule has 0 spiro atoms. The lowest BCUT2D eigenvalue weighted by molar-refractivity contribution is -0.385. The fourth-order valence-electron chi connectivity index (χ4n) is 2.68. The zero-order valence-electron chi connectivity index (χ0n) is 12.4. The largest absolute Gasteiger partial charge is 0.396 e. The summed E-state index contributed by atoms with van der Waals surface area (Å²) in [5.41, 5.74) is 4.08. The molecule has 0 aliphatic heterocycles. The van der Waals surface area contributed by atoms with Crippen LogP contribution in [-0.2, 0) is 0 Å². The van der Waals surface area contributed by atoms with Crippen LogP contribution in [0.2, 0.25) is 0 Å². The predicted molar refractivity (Wildman–Crippen MR) is 76.3 cm³/mol. The van der Waals surface area contributed by atoms with E-state index in [1.54, 1.807) is 0 Å². The number of nitrogens with zero attached hydrogens (tertiary/aromatic N) is 1. The summed E-state index contributed by atoms with van der Waals surface area (Å²) in [7, 11) is 0. The first kappa shape index (κ1) is 15.2. The van der Waals surface area contributed by atoms with E-state index < -0.39 is 22.3 Å². The molecule has 1 amide bonds. The van der Waals surface area contributed by atoms with Gasteiger partial charge in [-0.05, 0) is 16.9 Å². The highest BCUT2D eigenvalue weighted by Gasteiger charge is 2.65. The molecule has 21 heavy (non-hydrogen) atoms. The minimum Gasteiger partial charge on any atom is -0.396 e. The predicted octanol–water partition coefficient (Wildman–Crippen LogP) is 2.48. The summed E-state index contributed by atoms with van der Waals surface area (Å²) < 4.78 is 13.3. The summed E-state index contributed by atoms with van der Waals surface area (Å²) in [4.78, 5) is 22.4. The molecule has 7 heteroatoms. The molecule has 6 nitrogen and oxygen atoms in total. The van der Waals surface area contributed by atoms with Crippen LogP contribution < -0.4 is 11.1 Å². The average molecular weight is 295 g/mol. The number of rotatable bonds is 3. The second kappa shape index (κ2) is 4.41. The highest BCUT2D eigenvalue weighted by Crippen LogP contribution is 2.62. The van der Waals surface area contributed by atoms with Gasteiger partial charge in [-0.3, -0.25) is 14.9 Å². The van der Waals surface area contributed by atoms with E-state index in [9.17, 15) is 19.3 Å². The quantitative estimate of drug-likeness (QED) is 0.508. The van der Waals surface area contributed by atoms with Crippen molar-refractivity contribution in [3.63, 3.8) is 0 Å². The molecule has 3 N–H and O–H groups in total. The first-order valence-corrected chi connectivity index (χ1v) is 6.54. The number of nitro groups is 1. The van der Waals surface area contributed by atoms with Gasteiger partial charge in [0.25, 0.3) is 11.6 Å². The zero-order valence-corrected chi connectivity index (χ0v) is 12.4. The number of carbonyl (C=O) groups excluding carboxylic acids is 1. The van der Waals surface area contributed by atoms with Crippen molar-refractivity contribution in [2.75, 3.05) is 5.73 Å². The number of nitro benzene ring substituents is 1. The molecule has 1 fully saturated rings. The summed E-state index contributed by atoms with van der Waals surface area (Å²) >= 11 is 0. The highest BCUT2D eigenvalue weighted by atomic mass is 19.1. The summed E-state index contributed by atoms with van der Waals surface area (Å²) in [6.45, 7) is 8.02. The molecular formula is C14H18FN3O3. The first-order valence-electron chi connectivity index (χ1n) is 6.54. The molecule has 0 aromatic heterocycles. The van der Waals surface area contributed by atoms with Crippen molar-refractivity contribution in [1.82, 2.24) is 5.32 Å². The van der Waals surface area contributed by atoms with Gasteiger partial charge >= 0.3 is 0 Å². The summed E-state index contributed by atoms with van der Waals surface area (Å²) in [5, 5.41) is 13.7. The van der Waals surface area contributed by atoms with Gasteiger partial charge in [0.1, 0.15) is 5.56 Å². The van der Waals surface area contributed by atoms with E-state index in [1.807, 2.05) is 27.7 Å². The van der Waals surface area contributed by atoms with Crippen LogP contribution in [0.5, 0.6) is 0 Å². The van der Waals surface area contributed by atoms with Crippen LogP contribution in [0.3, 0.4) is 0 Å². The van der Waals surface area contributed by atoms with Crippen LogP contribution in [0.1, 0.15) is 38.1 Å². The van der Waals surface area contributed by atoms with Crippen molar-refractivity contribution < 1.29 is 14.1 Å². The molecule has 0 saturated heterocycles. The summed E-state index contributed by atoms with van der Waals surface area (Å²) in [5.74, 6) is -1.53. The van der Waals surface area contributed by atoms with E-state index >= 15 is 0 Å². The van der Waals surface area contributed by atoms with Crippen molar-refractivity contribution in [1.29, 1.82) is 0 Å². The Bertz CT molecular complexity index is 627. The maximum atomic E-state index is 13.3. The SMILES string of the molecule is CC1(C)C(NC(=O)c2cc(N)c(F)cc2[N+](=O)[O-])C1(C)C. The molecule has 0 unspecified atom stereocenters. The Hall–Kier alpha value is -2.18. The van der Waals surface area contributed by atoms with Gasteiger partial charge in [-0.1, -0.05) is 27.7 Å². The monoisotopic (exact) mass is 295 g/mol. The topological polar surface area (TPSA) is 98.3 Å². The third kappa shape index (κ3) is 2.22. The number of anilines is 1. The number of carbonyl (C=O) groups is 1. The Morgan fingerprint density at radius 2 is 1.86 bits per heavy atom. The van der Waals surface area contributed by atoms with Crippen molar-refractivity contribution >= 4 is 17.3 Å². The zero-order chi connectivity index (χ0) is 16.2. The second-order valence-electron chi connectivity index (χ2n) is 6.50. The Morgan fingerprint density at radius 3 is 2.29 bits per heavy atom. The van der Waals surface area contributed by atoms with Crippen molar-refractivity contribution in [2.24, 2.45) is 10.8 Å². The number of hydrogen-bond donors (Lipinski definition) is 2. The Morgan fingerprint density at radius 1 is 1.33 bits per heavy atom. The third-order valence-corrected chi connectivity index (χ3v) is 4.85. The lowest BCUT2D eigenvalue weighted by Crippen LogP contribution is -2.30. The van der Waals surface area contributed by atoms with Crippen LogP contribution in [0.15, 0.2) is 12.1 Å². The third-order valence-electron chi connectivity index (χ3n) is 4.85. The van der Waals surface area contributed by atoms with Crippen molar-refractivity contribution in [3.05, 3.63) is 33.6 Å². The van der Waals surface area contributed by atoms with Crippen molar-refractivity contribution in [2.45, 2.75) is 33.7 Å². The maximum absolute atomic E-state index is 13.3. The highest BCUT2D eigenvalue weighted by molar-refractivity contribution is 5.99. The summed E-state index contributed by atoms with van der Waals surface area (Å²) in [6, 6.07) is 1.57. The van der Waals surface area contributed by atoms with Crippen LogP contribution in [0.4, 0.5) is 15.8 Å². The first-order chi connectivity index (χ1) is 9.50. The summed E-state index contributed by atoms with van der Waals surface area (Å²) in [6.07, 6.45) is 0. The molecule has 114 valence electrons. The fraction of sp³-hybridized carbons (Fsp3) is 0.500. The molecule has 1 aromatic rings. The van der Waals surface area contributed by atoms with Crippen molar-refractivity contribution in [3.8, 4) is 0 Å². The smallest absolute Gasteiger partial charge is 0.285 e. The Labute approximate surface area is 121 Å².